The Labute approximate surface area is 179 Å². The van der Waals surface area contributed by atoms with Crippen molar-refractivity contribution in [1.29, 1.82) is 0 Å². The van der Waals surface area contributed by atoms with Crippen molar-refractivity contribution in [2.45, 2.75) is 0 Å². The Morgan fingerprint density at radius 2 is 1.67 bits per heavy atom. The Hall–Kier alpha value is -3.57. The van der Waals surface area contributed by atoms with Gasteiger partial charge in [-0.15, -0.1) is 11.3 Å². The van der Waals surface area contributed by atoms with Crippen LogP contribution < -0.4 is 15.2 Å². The van der Waals surface area contributed by atoms with Gasteiger partial charge in [-0.05, 0) is 60.0 Å². The fraction of sp³-hybridized carbons (Fsp3) is 0.0800. The summed E-state index contributed by atoms with van der Waals surface area (Å²) in [6.07, 6.45) is 3.32. The molecule has 0 unspecified atom stereocenters. The van der Waals surface area contributed by atoms with Gasteiger partial charge in [0.2, 0.25) is 0 Å². The number of hydrogen-bond donors (Lipinski definition) is 1. The minimum absolute atomic E-state index is 0.101. The van der Waals surface area contributed by atoms with Crippen molar-refractivity contribution in [3.63, 3.8) is 0 Å². The first kappa shape index (κ1) is 19.7. The number of methoxy groups -OCH3 is 2. The second kappa shape index (κ2) is 8.43. The van der Waals surface area contributed by atoms with E-state index in [0.29, 0.717) is 17.0 Å². The minimum atomic E-state index is -0.101. The van der Waals surface area contributed by atoms with Gasteiger partial charge in [-0.3, -0.25) is 4.79 Å². The van der Waals surface area contributed by atoms with E-state index in [2.05, 4.69) is 18.2 Å². The molecular weight excluding hydrogens is 394 g/mol. The van der Waals surface area contributed by atoms with Gasteiger partial charge in [0, 0.05) is 38.0 Å². The minimum Gasteiger partial charge on any atom is -0.496 e. The highest BCUT2D eigenvalue weighted by molar-refractivity contribution is 7.22. The van der Waals surface area contributed by atoms with E-state index in [4.69, 9.17) is 15.2 Å². The Balaban J connectivity index is 1.74. The molecule has 150 valence electrons. The molecule has 0 atom stereocenters. The molecular formula is C25H21NO3S. The number of thiophene rings is 1. The first-order chi connectivity index (χ1) is 14.6. The molecule has 0 saturated heterocycles. The highest BCUT2D eigenvalue weighted by Gasteiger charge is 2.14. The Morgan fingerprint density at radius 3 is 2.37 bits per heavy atom. The molecule has 4 nitrogen and oxygen atoms in total. The normalized spacial score (nSPS) is 11.1. The molecule has 0 fully saturated rings. The average molecular weight is 416 g/mol. The first-order valence-electron chi connectivity index (χ1n) is 9.42. The van der Waals surface area contributed by atoms with Crippen LogP contribution in [0.25, 0.3) is 26.6 Å². The number of anilines is 1. The predicted octanol–water partition coefficient (Wildman–Crippen LogP) is 6.06. The van der Waals surface area contributed by atoms with Crippen LogP contribution >= 0.6 is 11.3 Å². The molecule has 1 heterocycles. The molecule has 4 rings (SSSR count). The van der Waals surface area contributed by atoms with Crippen molar-refractivity contribution < 1.29 is 14.3 Å². The van der Waals surface area contributed by atoms with Gasteiger partial charge in [-0.25, -0.2) is 0 Å². The smallest absolute Gasteiger partial charge is 0.185 e. The van der Waals surface area contributed by atoms with Crippen molar-refractivity contribution in [3.8, 4) is 21.9 Å². The molecule has 0 aliphatic heterocycles. The standard InChI is InChI=1S/C25H21NO3S/c1-28-22-15-23(29-2)20(25-14-18-5-3-4-6-24(18)30-25)13-17(22)9-12-21(27)16-7-10-19(26)11-8-16/h3-15H,26H2,1-2H3/b12-9+. The molecule has 0 aliphatic rings. The summed E-state index contributed by atoms with van der Waals surface area (Å²) >= 11 is 1.70. The summed E-state index contributed by atoms with van der Waals surface area (Å²) in [5.74, 6) is 1.26. The number of fused-ring (bicyclic) bond motifs is 1. The number of nitrogen functional groups attached to an aromatic ring is 1. The Bertz CT molecular complexity index is 1210. The van der Waals surface area contributed by atoms with E-state index in [1.807, 2.05) is 24.3 Å². The lowest BCUT2D eigenvalue weighted by molar-refractivity contribution is 0.104. The van der Waals surface area contributed by atoms with Crippen LogP contribution in [0.2, 0.25) is 0 Å². The van der Waals surface area contributed by atoms with Gasteiger partial charge in [0.25, 0.3) is 0 Å². The fourth-order valence-electron chi connectivity index (χ4n) is 3.27. The van der Waals surface area contributed by atoms with E-state index in [1.165, 1.54) is 10.1 Å². The van der Waals surface area contributed by atoms with Crippen LogP contribution in [0.15, 0.2) is 72.8 Å². The Morgan fingerprint density at radius 1 is 0.933 bits per heavy atom. The molecule has 0 aliphatic carbocycles. The van der Waals surface area contributed by atoms with Gasteiger partial charge in [0.05, 0.1) is 14.2 Å². The monoisotopic (exact) mass is 415 g/mol. The van der Waals surface area contributed by atoms with Crippen LogP contribution in [0, 0.1) is 0 Å². The molecule has 1 aromatic heterocycles. The maximum atomic E-state index is 12.5. The number of nitrogens with two attached hydrogens (primary N) is 1. The summed E-state index contributed by atoms with van der Waals surface area (Å²) in [6, 6.07) is 21.1. The number of ether oxygens (including phenoxy) is 2. The molecule has 30 heavy (non-hydrogen) atoms. The summed E-state index contributed by atoms with van der Waals surface area (Å²) in [7, 11) is 3.25. The molecule has 3 aromatic carbocycles. The van der Waals surface area contributed by atoms with E-state index < -0.39 is 0 Å². The predicted molar refractivity (Wildman–Crippen MR) is 125 cm³/mol. The van der Waals surface area contributed by atoms with Gasteiger partial charge in [-0.1, -0.05) is 18.2 Å². The van der Waals surface area contributed by atoms with E-state index in [9.17, 15) is 4.79 Å². The third-order valence-electron chi connectivity index (χ3n) is 4.85. The van der Waals surface area contributed by atoms with E-state index in [-0.39, 0.29) is 5.78 Å². The van der Waals surface area contributed by atoms with Gasteiger partial charge < -0.3 is 15.2 Å². The summed E-state index contributed by atoms with van der Waals surface area (Å²) in [5.41, 5.74) is 8.66. The number of carbonyl (C=O) groups is 1. The largest absolute Gasteiger partial charge is 0.496 e. The van der Waals surface area contributed by atoms with Crippen LogP contribution in [0.5, 0.6) is 11.5 Å². The molecule has 4 aromatic rings. The topological polar surface area (TPSA) is 61.5 Å². The lowest BCUT2D eigenvalue weighted by Gasteiger charge is -2.12. The number of carbonyl (C=O) groups excluding carboxylic acids is 1. The second-order valence-corrected chi connectivity index (χ2v) is 7.85. The zero-order chi connectivity index (χ0) is 21.1. The fourth-order valence-corrected chi connectivity index (χ4v) is 4.35. The molecule has 2 N–H and O–H groups in total. The lowest BCUT2D eigenvalue weighted by Crippen LogP contribution is -1.96. The molecule has 0 saturated carbocycles. The third-order valence-corrected chi connectivity index (χ3v) is 6.00. The first-order valence-corrected chi connectivity index (χ1v) is 10.2. The van der Waals surface area contributed by atoms with E-state index >= 15 is 0 Å². The molecule has 0 radical (unpaired) electrons. The number of benzene rings is 3. The van der Waals surface area contributed by atoms with Crippen molar-refractivity contribution in [2.75, 3.05) is 20.0 Å². The number of ketones is 1. The van der Waals surface area contributed by atoms with Gasteiger partial charge >= 0.3 is 0 Å². The van der Waals surface area contributed by atoms with Gasteiger partial charge in [0.15, 0.2) is 5.78 Å². The van der Waals surface area contributed by atoms with E-state index in [0.717, 1.165) is 21.8 Å². The Kier molecular flexibility index (Phi) is 5.55. The van der Waals surface area contributed by atoms with Crippen LogP contribution in [0.4, 0.5) is 5.69 Å². The summed E-state index contributed by atoms with van der Waals surface area (Å²) < 4.78 is 12.4. The maximum Gasteiger partial charge on any atom is 0.185 e. The molecule has 0 bridgehead atoms. The number of hydrogen-bond acceptors (Lipinski definition) is 5. The number of rotatable bonds is 6. The molecule has 5 heteroatoms. The van der Waals surface area contributed by atoms with Crippen LogP contribution in [-0.2, 0) is 0 Å². The van der Waals surface area contributed by atoms with Crippen molar-refractivity contribution in [2.24, 2.45) is 0 Å². The van der Waals surface area contributed by atoms with Gasteiger partial charge in [-0.2, -0.15) is 0 Å². The molecule has 0 amide bonds. The number of allylic oxidation sites excluding steroid dienone is 1. The second-order valence-electron chi connectivity index (χ2n) is 6.76. The lowest BCUT2D eigenvalue weighted by atomic mass is 10.0. The quantitative estimate of drug-likeness (QED) is 0.236. The summed E-state index contributed by atoms with van der Waals surface area (Å²) in [5, 5.41) is 1.19. The molecule has 0 spiro atoms. The SMILES string of the molecule is COc1cc(OC)c(-c2cc3ccccc3s2)cc1/C=C/C(=O)c1ccc(N)cc1. The van der Waals surface area contributed by atoms with Gasteiger partial charge in [0.1, 0.15) is 11.5 Å². The zero-order valence-corrected chi connectivity index (χ0v) is 17.5. The van der Waals surface area contributed by atoms with Crippen molar-refractivity contribution >= 4 is 39.0 Å². The zero-order valence-electron chi connectivity index (χ0n) is 16.7. The summed E-state index contributed by atoms with van der Waals surface area (Å²) in [6.45, 7) is 0. The highest BCUT2D eigenvalue weighted by atomic mass is 32.1. The summed E-state index contributed by atoms with van der Waals surface area (Å²) in [4.78, 5) is 13.6. The van der Waals surface area contributed by atoms with Crippen LogP contribution in [0.1, 0.15) is 15.9 Å². The van der Waals surface area contributed by atoms with Crippen LogP contribution in [0.3, 0.4) is 0 Å². The maximum absolute atomic E-state index is 12.5. The van der Waals surface area contributed by atoms with Crippen molar-refractivity contribution in [3.05, 3.63) is 83.9 Å². The highest BCUT2D eigenvalue weighted by Crippen LogP contribution is 2.41. The third kappa shape index (κ3) is 3.93. The van der Waals surface area contributed by atoms with Crippen LogP contribution in [-0.4, -0.2) is 20.0 Å². The van der Waals surface area contributed by atoms with Crippen molar-refractivity contribution in [1.82, 2.24) is 0 Å². The average Bonchev–Trinajstić information content (AvgIpc) is 3.21. The van der Waals surface area contributed by atoms with E-state index in [1.54, 1.807) is 62.0 Å².